The lowest BCUT2D eigenvalue weighted by Gasteiger charge is -2.30. The van der Waals surface area contributed by atoms with Crippen molar-refractivity contribution in [2.45, 2.75) is 31.1 Å². The molecule has 0 N–H and O–H groups in total. The molecule has 0 aromatic heterocycles. The molecule has 5 atom stereocenters. The molecule has 1 spiro atoms. The van der Waals surface area contributed by atoms with E-state index in [1.165, 1.54) is 7.57 Å². The van der Waals surface area contributed by atoms with Crippen LogP contribution in [0.15, 0.2) is 0 Å². The van der Waals surface area contributed by atoms with Gasteiger partial charge in [0.25, 0.3) is 15.0 Å². The summed E-state index contributed by atoms with van der Waals surface area (Å²) in [7, 11) is 0.171. The molecule has 0 aliphatic carbocycles. The van der Waals surface area contributed by atoms with Crippen LogP contribution in [0.3, 0.4) is 0 Å². The van der Waals surface area contributed by atoms with Crippen molar-refractivity contribution in [3.05, 3.63) is 0 Å². The molecule has 0 aromatic rings. The highest BCUT2D eigenvalue weighted by molar-refractivity contribution is 7.79. The largest absolute Gasteiger partial charge is 0.375 e. The monoisotopic (exact) mass is 248 g/mol. The zero-order valence-corrected chi connectivity index (χ0v) is 10.7. The van der Waals surface area contributed by atoms with Gasteiger partial charge in [-0.15, -0.1) is 0 Å². The Morgan fingerprint density at radius 1 is 1.50 bits per heavy atom. The highest BCUT2D eigenvalue weighted by Crippen LogP contribution is 2.50. The van der Waals surface area contributed by atoms with E-state index in [1.54, 1.807) is 7.85 Å². The molecule has 2 unspecified atom stereocenters. The minimum Gasteiger partial charge on any atom is -0.375 e. The summed E-state index contributed by atoms with van der Waals surface area (Å²) in [5.41, 5.74) is -0.680. The summed E-state index contributed by atoms with van der Waals surface area (Å²) in [4.78, 5) is 0. The molecular weight excluding hydrogens is 232 g/mol. The number of halogens is 1. The smallest absolute Gasteiger partial charge is 0.270 e. The average Bonchev–Trinajstić information content (AvgIpc) is 2.37. The van der Waals surface area contributed by atoms with Crippen molar-refractivity contribution in [3.63, 3.8) is 0 Å². The van der Waals surface area contributed by atoms with Crippen molar-refractivity contribution in [2.75, 3.05) is 13.2 Å². The number of hydrogen-bond acceptors (Lipinski definition) is 4. The highest BCUT2D eigenvalue weighted by atomic mass is 31.2. The van der Waals surface area contributed by atoms with Crippen LogP contribution < -0.4 is 0 Å². The molecule has 4 nitrogen and oxygen atoms in total. The molecule has 0 aromatic carbocycles. The van der Waals surface area contributed by atoms with Crippen LogP contribution in [0.5, 0.6) is 0 Å². The van der Waals surface area contributed by atoms with Crippen LogP contribution in [0.2, 0.25) is 0 Å². The SMILES string of the molecule is B[C@@H]1O[C@@]2(CCOP(B)(=O)OC2)C(C)[C@@H]1F. The highest BCUT2D eigenvalue weighted by Gasteiger charge is 2.53. The van der Waals surface area contributed by atoms with Gasteiger partial charge in [-0.2, -0.15) is 0 Å². The second-order valence-corrected chi connectivity index (χ2v) is 6.81. The normalized spacial score (nSPS) is 54.0. The Morgan fingerprint density at radius 3 is 2.75 bits per heavy atom. The number of alkyl halides is 1. The van der Waals surface area contributed by atoms with Crippen LogP contribution in [0.4, 0.5) is 4.39 Å². The number of hydrogen-bond donors (Lipinski definition) is 0. The molecular formula is C8H16B2FO4P. The van der Waals surface area contributed by atoms with E-state index in [0.717, 1.165) is 0 Å². The Balaban J connectivity index is 2.17. The van der Waals surface area contributed by atoms with E-state index in [-0.39, 0.29) is 19.1 Å². The van der Waals surface area contributed by atoms with Crippen LogP contribution in [0.1, 0.15) is 13.3 Å². The summed E-state index contributed by atoms with van der Waals surface area (Å²) in [6, 6.07) is -0.437. The van der Waals surface area contributed by atoms with E-state index in [2.05, 4.69) is 0 Å². The van der Waals surface area contributed by atoms with Crippen molar-refractivity contribution in [1.29, 1.82) is 0 Å². The van der Waals surface area contributed by atoms with E-state index in [0.29, 0.717) is 6.42 Å². The molecule has 0 bridgehead atoms. The van der Waals surface area contributed by atoms with Gasteiger partial charge in [-0.3, -0.25) is 4.57 Å². The van der Waals surface area contributed by atoms with Gasteiger partial charge in [-0.05, 0) is 0 Å². The topological polar surface area (TPSA) is 44.8 Å². The van der Waals surface area contributed by atoms with E-state index in [1.807, 2.05) is 6.92 Å². The van der Waals surface area contributed by atoms with Crippen molar-refractivity contribution >= 4 is 22.9 Å². The van der Waals surface area contributed by atoms with E-state index < -0.39 is 25.3 Å². The van der Waals surface area contributed by atoms with Gasteiger partial charge in [0.1, 0.15) is 14.0 Å². The maximum absolute atomic E-state index is 13.8. The molecule has 90 valence electrons. The maximum atomic E-state index is 13.8. The third-order valence-corrected chi connectivity index (χ3v) is 4.82. The van der Waals surface area contributed by atoms with Gasteiger partial charge in [0.2, 0.25) is 0 Å². The van der Waals surface area contributed by atoms with Gasteiger partial charge in [0, 0.05) is 12.3 Å². The minimum atomic E-state index is -2.98. The first kappa shape index (κ1) is 12.6. The first-order chi connectivity index (χ1) is 7.36. The quantitative estimate of drug-likeness (QED) is 0.442. The van der Waals surface area contributed by atoms with Crippen LogP contribution in [0, 0.1) is 5.92 Å². The lowest BCUT2D eigenvalue weighted by Crippen LogP contribution is -2.40. The van der Waals surface area contributed by atoms with Crippen LogP contribution in [0.25, 0.3) is 0 Å². The fourth-order valence-electron chi connectivity index (χ4n) is 2.41. The third kappa shape index (κ3) is 2.10. The van der Waals surface area contributed by atoms with Crippen molar-refractivity contribution in [2.24, 2.45) is 5.92 Å². The predicted octanol–water partition coefficient (Wildman–Crippen LogP) is -0.133. The van der Waals surface area contributed by atoms with Gasteiger partial charge >= 0.3 is 0 Å². The summed E-state index contributed by atoms with van der Waals surface area (Å²) in [5, 5.41) is 0. The Morgan fingerprint density at radius 2 is 2.19 bits per heavy atom. The van der Waals surface area contributed by atoms with Gasteiger partial charge in [0.15, 0.2) is 0 Å². The molecule has 16 heavy (non-hydrogen) atoms. The third-order valence-electron chi connectivity index (χ3n) is 3.57. The molecule has 2 heterocycles. The Bertz CT molecular complexity index is 331. The zero-order valence-electron chi connectivity index (χ0n) is 9.81. The molecule has 2 rings (SSSR count). The standard InChI is InChI=1S/C8H16B2FO4P/c1-5-6(11)7(9)15-8(5)2-3-13-16(10,12)14-4-8/h5-7H,2-4,9-10H2,1H3/t5?,6-,7+,8+,16?/m0/s1. The Hall–Kier alpha value is 0.170. The van der Waals surface area contributed by atoms with Crippen molar-refractivity contribution in [1.82, 2.24) is 0 Å². The van der Waals surface area contributed by atoms with Gasteiger partial charge in [-0.1, -0.05) is 6.92 Å². The lowest BCUT2D eigenvalue weighted by atomic mass is 9.82. The second kappa shape index (κ2) is 4.13. The molecule has 0 radical (unpaired) electrons. The number of rotatable bonds is 0. The van der Waals surface area contributed by atoms with Gasteiger partial charge in [-0.25, -0.2) is 4.39 Å². The fourth-order valence-corrected chi connectivity index (χ4v) is 3.36. The average molecular weight is 248 g/mol. The maximum Gasteiger partial charge on any atom is 0.270 e. The van der Waals surface area contributed by atoms with E-state index in [9.17, 15) is 8.96 Å². The van der Waals surface area contributed by atoms with E-state index >= 15 is 0 Å². The first-order valence-electron chi connectivity index (χ1n) is 5.55. The molecule has 2 aliphatic rings. The summed E-state index contributed by atoms with van der Waals surface area (Å²) in [6.07, 6.45) is -0.477. The summed E-state index contributed by atoms with van der Waals surface area (Å²) < 4.78 is 41.5. The summed E-state index contributed by atoms with van der Waals surface area (Å²) in [6.45, 7) is 2.24. The summed E-state index contributed by atoms with van der Waals surface area (Å²) >= 11 is 0. The Labute approximate surface area is 96.5 Å². The molecule has 2 saturated heterocycles. The molecule has 0 amide bonds. The first-order valence-corrected chi connectivity index (χ1v) is 7.54. The molecule has 0 saturated carbocycles. The predicted molar refractivity (Wildman–Crippen MR) is 62.9 cm³/mol. The second-order valence-electron chi connectivity index (χ2n) is 4.75. The molecule has 8 heteroatoms. The fraction of sp³-hybridized carbons (Fsp3) is 1.00. The Kier molecular flexibility index (Phi) is 3.26. The lowest BCUT2D eigenvalue weighted by molar-refractivity contribution is -0.0625. The van der Waals surface area contributed by atoms with Crippen LogP contribution in [-0.4, -0.2) is 46.4 Å². The van der Waals surface area contributed by atoms with Gasteiger partial charge < -0.3 is 13.8 Å². The van der Waals surface area contributed by atoms with Crippen molar-refractivity contribution < 1.29 is 22.7 Å². The minimum absolute atomic E-state index is 0.146. The van der Waals surface area contributed by atoms with E-state index in [4.69, 9.17) is 13.8 Å². The zero-order chi connectivity index (χ0) is 12.0. The summed E-state index contributed by atoms with van der Waals surface area (Å²) in [5.74, 6) is -0.260. The van der Waals surface area contributed by atoms with Crippen LogP contribution >= 0.6 is 7.47 Å². The van der Waals surface area contributed by atoms with Crippen molar-refractivity contribution in [3.8, 4) is 0 Å². The van der Waals surface area contributed by atoms with Crippen LogP contribution in [-0.2, 0) is 18.3 Å². The van der Waals surface area contributed by atoms with Gasteiger partial charge in [0.05, 0.1) is 24.8 Å². The molecule has 2 fully saturated rings. The molecule has 2 aliphatic heterocycles. The number of ether oxygens (including phenoxy) is 1.